The van der Waals surface area contributed by atoms with Crippen LogP contribution < -0.4 is 9.62 Å². The number of hydrogen-bond donors (Lipinski definition) is 1. The first-order chi connectivity index (χ1) is 18.0. The summed E-state index contributed by atoms with van der Waals surface area (Å²) in [5.41, 5.74) is 1.98. The van der Waals surface area contributed by atoms with Gasteiger partial charge >= 0.3 is 0 Å². The Hall–Kier alpha value is -3.36. The minimum absolute atomic E-state index is 0.0817. The van der Waals surface area contributed by atoms with Crippen LogP contribution in [0.2, 0.25) is 5.02 Å². The third-order valence-electron chi connectivity index (χ3n) is 5.92. The van der Waals surface area contributed by atoms with E-state index >= 15 is 0 Å². The van der Waals surface area contributed by atoms with E-state index in [-0.39, 0.29) is 24.8 Å². The third-order valence-corrected chi connectivity index (χ3v) is 7.30. The number of amides is 2. The van der Waals surface area contributed by atoms with E-state index in [4.69, 9.17) is 11.6 Å². The number of rotatable bonds is 12. The van der Waals surface area contributed by atoms with Crippen molar-refractivity contribution in [2.24, 2.45) is 5.92 Å². The van der Waals surface area contributed by atoms with Gasteiger partial charge in [-0.1, -0.05) is 86.1 Å². The number of para-hydroxylation sites is 1. The predicted molar refractivity (Wildman–Crippen MR) is 152 cm³/mol. The van der Waals surface area contributed by atoms with Crippen molar-refractivity contribution in [2.45, 2.75) is 32.9 Å². The molecule has 0 saturated carbocycles. The van der Waals surface area contributed by atoms with Crippen molar-refractivity contribution < 1.29 is 18.0 Å². The van der Waals surface area contributed by atoms with Crippen molar-refractivity contribution in [3.63, 3.8) is 0 Å². The van der Waals surface area contributed by atoms with Crippen molar-refractivity contribution in [3.8, 4) is 0 Å². The van der Waals surface area contributed by atoms with Crippen LogP contribution in [0.1, 0.15) is 25.0 Å². The van der Waals surface area contributed by atoms with Gasteiger partial charge in [-0.2, -0.15) is 0 Å². The van der Waals surface area contributed by atoms with E-state index in [0.717, 1.165) is 21.7 Å². The zero-order chi connectivity index (χ0) is 27.7. The van der Waals surface area contributed by atoms with E-state index < -0.39 is 28.5 Å². The number of halogens is 1. The van der Waals surface area contributed by atoms with Crippen LogP contribution in [0, 0.1) is 5.92 Å². The molecule has 2 amide bonds. The van der Waals surface area contributed by atoms with Crippen LogP contribution in [0.15, 0.2) is 84.9 Å². The first-order valence-electron chi connectivity index (χ1n) is 12.4. The molecule has 0 aromatic heterocycles. The van der Waals surface area contributed by atoms with Crippen molar-refractivity contribution in [3.05, 3.63) is 101 Å². The summed E-state index contributed by atoms with van der Waals surface area (Å²) in [4.78, 5) is 28.9. The molecule has 0 fully saturated rings. The highest BCUT2D eigenvalue weighted by molar-refractivity contribution is 7.92. The van der Waals surface area contributed by atoms with Crippen molar-refractivity contribution >= 4 is 39.1 Å². The molecule has 3 aromatic carbocycles. The number of hydrogen-bond acceptors (Lipinski definition) is 4. The highest BCUT2D eigenvalue weighted by atomic mass is 35.5. The number of nitrogens with zero attached hydrogens (tertiary/aromatic N) is 2. The van der Waals surface area contributed by atoms with Crippen LogP contribution in [-0.2, 0) is 32.6 Å². The molecule has 9 heteroatoms. The van der Waals surface area contributed by atoms with Gasteiger partial charge in [0.1, 0.15) is 12.6 Å². The summed E-state index contributed by atoms with van der Waals surface area (Å²) in [6.07, 6.45) is 1.33. The molecule has 0 aliphatic rings. The summed E-state index contributed by atoms with van der Waals surface area (Å²) in [7, 11) is -3.79. The first-order valence-corrected chi connectivity index (χ1v) is 14.7. The fourth-order valence-corrected chi connectivity index (χ4v) is 5.08. The summed E-state index contributed by atoms with van der Waals surface area (Å²) < 4.78 is 26.5. The Morgan fingerprint density at radius 3 is 2.08 bits per heavy atom. The van der Waals surface area contributed by atoms with Gasteiger partial charge in [0.15, 0.2) is 0 Å². The fraction of sp³-hybridized carbons (Fsp3) is 0.310. The van der Waals surface area contributed by atoms with Crippen molar-refractivity contribution in [1.29, 1.82) is 0 Å². The van der Waals surface area contributed by atoms with Gasteiger partial charge in [0.2, 0.25) is 21.8 Å². The topological polar surface area (TPSA) is 86.8 Å². The van der Waals surface area contributed by atoms with Gasteiger partial charge in [0.05, 0.1) is 11.9 Å². The molecule has 0 saturated heterocycles. The Balaban J connectivity index is 2.03. The zero-order valence-corrected chi connectivity index (χ0v) is 23.5. The molecule has 1 atom stereocenters. The van der Waals surface area contributed by atoms with E-state index in [0.29, 0.717) is 17.3 Å². The Bertz CT molecular complexity index is 1320. The Morgan fingerprint density at radius 2 is 1.50 bits per heavy atom. The molecule has 0 radical (unpaired) electrons. The molecule has 202 valence electrons. The minimum Gasteiger partial charge on any atom is -0.354 e. The van der Waals surface area contributed by atoms with Gasteiger partial charge in [-0.05, 0) is 41.3 Å². The number of anilines is 1. The number of benzene rings is 3. The normalized spacial score (nSPS) is 12.1. The molecule has 0 aliphatic heterocycles. The number of sulfonamides is 1. The molecule has 0 heterocycles. The predicted octanol–water partition coefficient (Wildman–Crippen LogP) is 4.52. The fourth-order valence-electron chi connectivity index (χ4n) is 4.02. The minimum atomic E-state index is -3.79. The van der Waals surface area contributed by atoms with Gasteiger partial charge in [-0.15, -0.1) is 0 Å². The Labute approximate surface area is 230 Å². The lowest BCUT2D eigenvalue weighted by Crippen LogP contribution is -2.53. The third kappa shape index (κ3) is 8.60. The lowest BCUT2D eigenvalue weighted by molar-refractivity contribution is -0.140. The average Bonchev–Trinajstić information content (AvgIpc) is 2.88. The maximum absolute atomic E-state index is 13.9. The molecular weight excluding hydrogens is 522 g/mol. The maximum atomic E-state index is 13.9. The monoisotopic (exact) mass is 555 g/mol. The largest absolute Gasteiger partial charge is 0.354 e. The van der Waals surface area contributed by atoms with Crippen LogP contribution in [0.3, 0.4) is 0 Å². The van der Waals surface area contributed by atoms with Gasteiger partial charge in [0, 0.05) is 24.5 Å². The maximum Gasteiger partial charge on any atom is 0.244 e. The average molecular weight is 556 g/mol. The highest BCUT2D eigenvalue weighted by Gasteiger charge is 2.33. The van der Waals surface area contributed by atoms with Gasteiger partial charge < -0.3 is 10.2 Å². The van der Waals surface area contributed by atoms with Crippen LogP contribution in [0.5, 0.6) is 0 Å². The van der Waals surface area contributed by atoms with E-state index in [9.17, 15) is 18.0 Å². The van der Waals surface area contributed by atoms with Crippen LogP contribution >= 0.6 is 11.6 Å². The zero-order valence-electron chi connectivity index (χ0n) is 21.9. The van der Waals surface area contributed by atoms with E-state index in [1.807, 2.05) is 50.2 Å². The molecule has 1 unspecified atom stereocenters. The second kappa shape index (κ2) is 13.4. The van der Waals surface area contributed by atoms with Gasteiger partial charge in [-0.3, -0.25) is 13.9 Å². The number of nitrogens with one attached hydrogen (secondary N) is 1. The first kappa shape index (κ1) is 29.2. The molecular formula is C29H34ClN3O4S. The van der Waals surface area contributed by atoms with Gasteiger partial charge in [-0.25, -0.2) is 8.42 Å². The lowest BCUT2D eigenvalue weighted by atomic mass is 10.0. The van der Waals surface area contributed by atoms with Crippen molar-refractivity contribution in [1.82, 2.24) is 10.2 Å². The highest BCUT2D eigenvalue weighted by Crippen LogP contribution is 2.21. The van der Waals surface area contributed by atoms with E-state index in [1.54, 1.807) is 48.5 Å². The smallest absolute Gasteiger partial charge is 0.244 e. The molecule has 0 bridgehead atoms. The van der Waals surface area contributed by atoms with Crippen LogP contribution in [0.4, 0.5) is 5.69 Å². The van der Waals surface area contributed by atoms with Crippen LogP contribution in [-0.4, -0.2) is 50.5 Å². The summed E-state index contributed by atoms with van der Waals surface area (Å²) in [6, 6.07) is 24.1. The summed E-state index contributed by atoms with van der Waals surface area (Å²) in [5.74, 6) is -0.587. The van der Waals surface area contributed by atoms with E-state index in [2.05, 4.69) is 5.32 Å². The SMILES string of the molecule is CC(C)CNC(=O)C(Cc1ccccc1)N(Cc1cccc(Cl)c1)C(=O)CN(c1ccccc1)S(C)(=O)=O. The molecule has 7 nitrogen and oxygen atoms in total. The summed E-state index contributed by atoms with van der Waals surface area (Å²) in [5, 5.41) is 3.46. The quantitative estimate of drug-likeness (QED) is 0.356. The summed E-state index contributed by atoms with van der Waals surface area (Å²) >= 11 is 6.22. The number of carbonyl (C=O) groups is 2. The molecule has 38 heavy (non-hydrogen) atoms. The molecule has 3 rings (SSSR count). The standard InChI is InChI=1S/C29H34ClN3O4S/c1-22(2)19-31-29(35)27(18-23-11-6-4-7-12-23)32(20-24-13-10-14-25(30)17-24)28(34)21-33(38(3,36)37)26-15-8-5-9-16-26/h4-17,22,27H,18-21H2,1-3H3,(H,31,35). The molecule has 3 aromatic rings. The molecule has 1 N–H and O–H groups in total. The van der Waals surface area contributed by atoms with Gasteiger partial charge in [0.25, 0.3) is 0 Å². The van der Waals surface area contributed by atoms with Crippen LogP contribution in [0.25, 0.3) is 0 Å². The van der Waals surface area contributed by atoms with Crippen molar-refractivity contribution in [2.75, 3.05) is 23.7 Å². The van der Waals surface area contributed by atoms with E-state index in [1.165, 1.54) is 4.90 Å². The Kier molecular flexibility index (Phi) is 10.3. The molecule has 0 aliphatic carbocycles. The second-order valence-corrected chi connectivity index (χ2v) is 11.9. The molecule has 0 spiro atoms. The summed E-state index contributed by atoms with van der Waals surface area (Å²) in [6.45, 7) is 4.06. The second-order valence-electron chi connectivity index (χ2n) is 9.60. The Morgan fingerprint density at radius 1 is 0.895 bits per heavy atom. The lowest BCUT2D eigenvalue weighted by Gasteiger charge is -2.33. The number of carbonyl (C=O) groups excluding carboxylic acids is 2.